The molecule has 29 heavy (non-hydrogen) atoms. The van der Waals surface area contributed by atoms with Crippen molar-refractivity contribution in [2.45, 2.75) is 13.0 Å². The Labute approximate surface area is 175 Å². The third-order valence-corrected chi connectivity index (χ3v) is 5.01. The average Bonchev–Trinajstić information content (AvgIpc) is 3.25. The number of benzene rings is 2. The number of carbonyl (C=O) groups is 2. The lowest BCUT2D eigenvalue weighted by atomic mass is 10.0. The van der Waals surface area contributed by atoms with E-state index in [4.69, 9.17) is 27.7 Å². The number of amides is 2. The van der Waals surface area contributed by atoms with Gasteiger partial charge in [0.05, 0.1) is 21.9 Å². The van der Waals surface area contributed by atoms with Crippen LogP contribution in [0.1, 0.15) is 16.1 Å². The minimum absolute atomic E-state index is 0.152. The van der Waals surface area contributed by atoms with E-state index in [0.29, 0.717) is 21.3 Å². The van der Waals surface area contributed by atoms with Gasteiger partial charge in [0.2, 0.25) is 0 Å². The molecule has 2 amide bonds. The van der Waals surface area contributed by atoms with Crippen molar-refractivity contribution < 1.29 is 14.1 Å². The fraction of sp³-hybridized carbons (Fsp3) is 0.100. The van der Waals surface area contributed by atoms with Gasteiger partial charge in [-0.2, -0.15) is 10.1 Å². The Balaban J connectivity index is 1.60. The van der Waals surface area contributed by atoms with Crippen molar-refractivity contribution in [1.29, 1.82) is 0 Å². The van der Waals surface area contributed by atoms with Gasteiger partial charge in [0, 0.05) is 5.56 Å². The molecule has 4 rings (SSSR count). The molecule has 0 saturated carbocycles. The van der Waals surface area contributed by atoms with E-state index in [0.717, 1.165) is 0 Å². The summed E-state index contributed by atoms with van der Waals surface area (Å²) in [5, 5.41) is 12.6. The quantitative estimate of drug-likeness (QED) is 0.677. The van der Waals surface area contributed by atoms with Gasteiger partial charge in [-0.3, -0.25) is 9.59 Å². The summed E-state index contributed by atoms with van der Waals surface area (Å²) in [6.07, 6.45) is 1.37. The Hall–Kier alpha value is -3.16. The number of hydrogen-bond donors (Lipinski definition) is 1. The number of hydrazone groups is 1. The number of para-hydroxylation sites is 1. The number of halogens is 2. The SMILES string of the molecule is Cc1onc(-c2c(Cl)cccc2Cl)c1C(=O)NC1C=NN(c2ccccc2)C1=O. The molecule has 3 aromatic rings. The van der Waals surface area contributed by atoms with E-state index in [2.05, 4.69) is 15.6 Å². The van der Waals surface area contributed by atoms with E-state index >= 15 is 0 Å². The molecule has 0 aliphatic carbocycles. The van der Waals surface area contributed by atoms with Crippen molar-refractivity contribution in [1.82, 2.24) is 10.5 Å². The molecular formula is C20H14Cl2N4O3. The Bertz CT molecular complexity index is 1110. The fourth-order valence-electron chi connectivity index (χ4n) is 3.00. The lowest BCUT2D eigenvalue weighted by Gasteiger charge is -2.15. The van der Waals surface area contributed by atoms with Crippen LogP contribution in [0.5, 0.6) is 0 Å². The number of carbonyl (C=O) groups excluding carboxylic acids is 2. The number of nitrogens with zero attached hydrogens (tertiary/aromatic N) is 3. The first kappa shape index (κ1) is 19.2. The Kier molecular flexibility index (Phi) is 5.08. The van der Waals surface area contributed by atoms with Gasteiger partial charge in [-0.05, 0) is 31.2 Å². The summed E-state index contributed by atoms with van der Waals surface area (Å²) in [5.41, 5.74) is 1.35. The van der Waals surface area contributed by atoms with Gasteiger partial charge in [-0.15, -0.1) is 0 Å². The van der Waals surface area contributed by atoms with Crippen molar-refractivity contribution in [3.05, 3.63) is 69.9 Å². The zero-order valence-electron chi connectivity index (χ0n) is 15.1. The first-order valence-electron chi connectivity index (χ1n) is 8.62. The van der Waals surface area contributed by atoms with Crippen LogP contribution in [0.3, 0.4) is 0 Å². The van der Waals surface area contributed by atoms with E-state index in [-0.39, 0.29) is 22.9 Å². The van der Waals surface area contributed by atoms with Crippen molar-refractivity contribution in [2.24, 2.45) is 5.10 Å². The summed E-state index contributed by atoms with van der Waals surface area (Å²) in [4.78, 5) is 25.6. The van der Waals surface area contributed by atoms with Crippen molar-refractivity contribution >= 4 is 46.9 Å². The van der Waals surface area contributed by atoms with Gasteiger partial charge in [-0.25, -0.2) is 0 Å². The van der Waals surface area contributed by atoms with Crippen molar-refractivity contribution in [2.75, 3.05) is 5.01 Å². The molecule has 7 nitrogen and oxygen atoms in total. The molecule has 1 aliphatic heterocycles. The zero-order valence-corrected chi connectivity index (χ0v) is 16.6. The fourth-order valence-corrected chi connectivity index (χ4v) is 3.57. The van der Waals surface area contributed by atoms with E-state index in [9.17, 15) is 9.59 Å². The van der Waals surface area contributed by atoms with Gasteiger partial charge >= 0.3 is 0 Å². The topological polar surface area (TPSA) is 87.8 Å². The normalized spacial score (nSPS) is 15.8. The second kappa shape index (κ2) is 7.69. The lowest BCUT2D eigenvalue weighted by molar-refractivity contribution is -0.118. The van der Waals surface area contributed by atoms with Crippen LogP contribution in [-0.4, -0.2) is 29.2 Å². The van der Waals surface area contributed by atoms with Gasteiger partial charge in [-0.1, -0.05) is 52.6 Å². The van der Waals surface area contributed by atoms with E-state index in [1.165, 1.54) is 11.2 Å². The van der Waals surface area contributed by atoms with E-state index in [1.54, 1.807) is 49.4 Å². The summed E-state index contributed by atoms with van der Waals surface area (Å²) in [7, 11) is 0. The number of aryl methyl sites for hydroxylation is 1. The minimum Gasteiger partial charge on any atom is -0.360 e. The first-order valence-corrected chi connectivity index (χ1v) is 9.37. The number of anilines is 1. The second-order valence-electron chi connectivity index (χ2n) is 6.26. The molecule has 0 bridgehead atoms. The number of aromatic nitrogens is 1. The zero-order chi connectivity index (χ0) is 20.5. The molecule has 0 saturated heterocycles. The van der Waals surface area contributed by atoms with Gasteiger partial charge in [0.25, 0.3) is 11.8 Å². The maximum absolute atomic E-state index is 13.0. The number of rotatable bonds is 4. The molecule has 0 spiro atoms. The highest BCUT2D eigenvalue weighted by atomic mass is 35.5. The molecule has 1 aromatic heterocycles. The van der Waals surface area contributed by atoms with Crippen LogP contribution in [0.4, 0.5) is 5.69 Å². The predicted octanol–water partition coefficient (Wildman–Crippen LogP) is 4.09. The summed E-state index contributed by atoms with van der Waals surface area (Å²) < 4.78 is 5.21. The minimum atomic E-state index is -0.924. The van der Waals surface area contributed by atoms with Crippen LogP contribution in [0.15, 0.2) is 58.2 Å². The summed E-state index contributed by atoms with van der Waals surface area (Å²) in [6.45, 7) is 1.59. The Morgan fingerprint density at radius 2 is 1.79 bits per heavy atom. The molecular weight excluding hydrogens is 415 g/mol. The third-order valence-electron chi connectivity index (χ3n) is 4.38. The molecule has 2 heterocycles. The van der Waals surface area contributed by atoms with Crippen LogP contribution in [0, 0.1) is 6.92 Å². The van der Waals surface area contributed by atoms with Crippen LogP contribution in [-0.2, 0) is 4.79 Å². The Morgan fingerprint density at radius 1 is 1.10 bits per heavy atom. The molecule has 1 N–H and O–H groups in total. The molecule has 1 atom stereocenters. The molecule has 0 fully saturated rings. The van der Waals surface area contributed by atoms with Gasteiger partial charge in [0.15, 0.2) is 0 Å². The second-order valence-corrected chi connectivity index (χ2v) is 7.07. The maximum atomic E-state index is 13.0. The van der Waals surface area contributed by atoms with Crippen LogP contribution in [0.2, 0.25) is 10.0 Å². The standard InChI is InChI=1S/C20H14Cl2N4O3/c1-11-16(18(25-29-11)17-13(21)8-5-9-14(17)22)19(27)24-15-10-23-26(20(15)28)12-6-3-2-4-7-12/h2-10,15H,1H3,(H,24,27). The summed E-state index contributed by atoms with van der Waals surface area (Å²) >= 11 is 12.5. The van der Waals surface area contributed by atoms with Gasteiger partial charge in [0.1, 0.15) is 23.1 Å². The average molecular weight is 429 g/mol. The van der Waals surface area contributed by atoms with Crippen LogP contribution < -0.4 is 10.3 Å². The molecule has 146 valence electrons. The van der Waals surface area contributed by atoms with Crippen LogP contribution in [0.25, 0.3) is 11.3 Å². The smallest absolute Gasteiger partial charge is 0.275 e. The molecule has 0 radical (unpaired) electrons. The maximum Gasteiger partial charge on any atom is 0.275 e. The number of nitrogens with one attached hydrogen (secondary N) is 1. The van der Waals surface area contributed by atoms with Crippen LogP contribution >= 0.6 is 23.2 Å². The first-order chi connectivity index (χ1) is 14.0. The van der Waals surface area contributed by atoms with Crippen molar-refractivity contribution in [3.63, 3.8) is 0 Å². The Morgan fingerprint density at radius 3 is 2.48 bits per heavy atom. The molecule has 2 aromatic carbocycles. The largest absolute Gasteiger partial charge is 0.360 e. The summed E-state index contributed by atoms with van der Waals surface area (Å²) in [5.74, 6) is -0.652. The highest BCUT2D eigenvalue weighted by Crippen LogP contribution is 2.36. The van der Waals surface area contributed by atoms with E-state index in [1.807, 2.05) is 6.07 Å². The third kappa shape index (κ3) is 3.50. The highest BCUT2D eigenvalue weighted by molar-refractivity contribution is 6.39. The number of hydrogen-bond acceptors (Lipinski definition) is 5. The van der Waals surface area contributed by atoms with Gasteiger partial charge < -0.3 is 9.84 Å². The monoisotopic (exact) mass is 428 g/mol. The van der Waals surface area contributed by atoms with Crippen molar-refractivity contribution in [3.8, 4) is 11.3 Å². The highest BCUT2D eigenvalue weighted by Gasteiger charge is 2.33. The summed E-state index contributed by atoms with van der Waals surface area (Å²) in [6, 6.07) is 13.0. The lowest BCUT2D eigenvalue weighted by Crippen LogP contribution is -2.43. The molecule has 9 heteroatoms. The predicted molar refractivity (Wildman–Crippen MR) is 110 cm³/mol. The molecule has 1 unspecified atom stereocenters. The van der Waals surface area contributed by atoms with E-state index < -0.39 is 11.9 Å². The molecule has 1 aliphatic rings.